The molecule has 1 amide bonds. The van der Waals surface area contributed by atoms with Crippen LogP contribution in [0, 0.1) is 17.0 Å². The Morgan fingerprint density at radius 1 is 1.27 bits per heavy atom. The molecule has 9 heteroatoms. The van der Waals surface area contributed by atoms with E-state index in [1.807, 2.05) is 13.8 Å². The van der Waals surface area contributed by atoms with Crippen LogP contribution >= 0.6 is 0 Å². The van der Waals surface area contributed by atoms with E-state index in [-0.39, 0.29) is 46.1 Å². The van der Waals surface area contributed by atoms with E-state index >= 15 is 0 Å². The predicted octanol–water partition coefficient (Wildman–Crippen LogP) is 5.34. The van der Waals surface area contributed by atoms with Gasteiger partial charge in [0.1, 0.15) is 23.5 Å². The van der Waals surface area contributed by atoms with Crippen molar-refractivity contribution in [1.82, 2.24) is 20.1 Å². The zero-order valence-electron chi connectivity index (χ0n) is 22.0. The Morgan fingerprint density at radius 3 is 2.54 bits per heavy atom. The van der Waals surface area contributed by atoms with Crippen LogP contribution in [0.25, 0.3) is 11.3 Å². The van der Waals surface area contributed by atoms with Crippen molar-refractivity contribution in [2.45, 2.75) is 77.4 Å². The number of amides is 1. The second kappa shape index (κ2) is 8.41. The number of likely N-dealkylation sites (N-methyl/N-ethyl adjacent to an activating group) is 1. The lowest BCUT2D eigenvalue weighted by Gasteiger charge is -2.47. The average Bonchev–Trinajstić information content (AvgIpc) is 3.48. The minimum absolute atomic E-state index is 0.0731. The van der Waals surface area contributed by atoms with Crippen LogP contribution in [-0.2, 0) is 11.0 Å². The van der Waals surface area contributed by atoms with Crippen molar-refractivity contribution in [3.8, 4) is 11.3 Å². The van der Waals surface area contributed by atoms with Crippen LogP contribution in [0.5, 0.6) is 0 Å². The maximum absolute atomic E-state index is 14.5. The molecule has 1 aromatic carbocycles. The fourth-order valence-corrected chi connectivity index (χ4v) is 6.82. The normalized spacial score (nSPS) is 22.7. The molecule has 3 atom stereocenters. The Morgan fingerprint density at radius 2 is 1.95 bits per heavy atom. The third kappa shape index (κ3) is 3.54. The van der Waals surface area contributed by atoms with Gasteiger partial charge in [-0.1, -0.05) is 19.9 Å². The molecule has 1 N–H and O–H groups in total. The van der Waals surface area contributed by atoms with Crippen molar-refractivity contribution in [3.05, 3.63) is 65.0 Å². The number of nitrogens with zero attached hydrogens (tertiary/aromatic N) is 4. The third-order valence-electron chi connectivity index (χ3n) is 8.72. The van der Waals surface area contributed by atoms with Crippen LogP contribution in [0.15, 0.2) is 34.9 Å². The van der Waals surface area contributed by atoms with Gasteiger partial charge in [0.2, 0.25) is 5.89 Å². The molecule has 3 unspecified atom stereocenters. The molecule has 37 heavy (non-hydrogen) atoms. The van der Waals surface area contributed by atoms with Crippen LogP contribution in [-0.4, -0.2) is 43.7 Å². The monoisotopic (exact) mass is 510 g/mol. The number of rotatable bonds is 6. The van der Waals surface area contributed by atoms with Crippen molar-refractivity contribution in [2.75, 3.05) is 6.54 Å². The highest BCUT2D eigenvalue weighted by atomic mass is 19.1. The number of carbonyl (C=O) groups is 1. The zero-order chi connectivity index (χ0) is 26.9. The Labute approximate surface area is 214 Å². The van der Waals surface area contributed by atoms with Gasteiger partial charge in [0.15, 0.2) is 5.69 Å². The molecule has 2 aliphatic carbocycles. The number of hydrogen-bond acceptors (Lipinski definition) is 6. The summed E-state index contributed by atoms with van der Waals surface area (Å²) in [5.74, 6) is -1.48. The van der Waals surface area contributed by atoms with Crippen molar-refractivity contribution in [3.63, 3.8) is 0 Å². The second-order valence-electron chi connectivity index (χ2n) is 11.3. The Bertz CT molecular complexity index is 1360. The number of carbonyl (C=O) groups excluding carboxylic acids is 1. The summed E-state index contributed by atoms with van der Waals surface area (Å²) in [6.45, 7) is 11.8. The molecule has 2 bridgehead atoms. The van der Waals surface area contributed by atoms with Crippen LogP contribution in [0.1, 0.15) is 87.9 Å². The number of hydrogen-bond donors (Lipinski definition) is 1. The van der Waals surface area contributed by atoms with Gasteiger partial charge < -0.3 is 14.4 Å². The second-order valence-corrected chi connectivity index (χ2v) is 11.3. The number of fused-ring (bicyclic) bond motifs is 5. The maximum atomic E-state index is 14.5. The highest BCUT2D eigenvalue weighted by Gasteiger charge is 2.66. The van der Waals surface area contributed by atoms with Crippen LogP contribution < -0.4 is 0 Å². The van der Waals surface area contributed by atoms with E-state index in [2.05, 4.69) is 29.0 Å². The van der Waals surface area contributed by atoms with Gasteiger partial charge in [0.25, 0.3) is 5.91 Å². The average molecular weight is 511 g/mol. The lowest BCUT2D eigenvalue weighted by atomic mass is 9.64. The lowest BCUT2D eigenvalue weighted by molar-refractivity contribution is 0.0439. The summed E-state index contributed by atoms with van der Waals surface area (Å²) in [4.78, 5) is 19.6. The van der Waals surface area contributed by atoms with Crippen LogP contribution in [0.3, 0.4) is 0 Å². The zero-order valence-corrected chi connectivity index (χ0v) is 22.0. The smallest absolute Gasteiger partial charge is 0.276 e. The van der Waals surface area contributed by atoms with Gasteiger partial charge in [-0.25, -0.2) is 13.8 Å². The molecule has 0 aliphatic heterocycles. The van der Waals surface area contributed by atoms with E-state index in [1.54, 1.807) is 24.8 Å². The molecule has 5 rings (SSSR count). The first-order valence-electron chi connectivity index (χ1n) is 12.7. The Kier molecular flexibility index (Phi) is 5.78. The van der Waals surface area contributed by atoms with Gasteiger partial charge in [-0.05, 0) is 75.6 Å². The van der Waals surface area contributed by atoms with E-state index in [0.29, 0.717) is 6.54 Å². The minimum atomic E-state index is -1.31. The fraction of sp³-hybridized carbons (Fsp3) is 0.500. The van der Waals surface area contributed by atoms with E-state index < -0.39 is 22.7 Å². The molecule has 0 spiro atoms. The molecule has 1 fully saturated rings. The molecule has 2 aromatic heterocycles. The molecule has 0 radical (unpaired) electrons. The molecule has 1 saturated carbocycles. The first-order chi connectivity index (χ1) is 17.3. The van der Waals surface area contributed by atoms with E-state index in [1.165, 1.54) is 24.5 Å². The molecule has 0 saturated heterocycles. The van der Waals surface area contributed by atoms with Gasteiger partial charge in [0.05, 0.1) is 17.0 Å². The number of oxazole rings is 1. The summed E-state index contributed by atoms with van der Waals surface area (Å²) >= 11 is 0. The topological polar surface area (TPSA) is 92.4 Å². The van der Waals surface area contributed by atoms with E-state index in [4.69, 9.17) is 4.42 Å². The van der Waals surface area contributed by atoms with Crippen LogP contribution in [0.4, 0.5) is 8.78 Å². The highest BCUT2D eigenvalue weighted by molar-refractivity contribution is 5.92. The van der Waals surface area contributed by atoms with Gasteiger partial charge in [0, 0.05) is 18.0 Å². The summed E-state index contributed by atoms with van der Waals surface area (Å²) in [5.41, 5.74) is -0.271. The van der Waals surface area contributed by atoms with Gasteiger partial charge in [-0.3, -0.25) is 4.79 Å². The first kappa shape index (κ1) is 25.4. The lowest BCUT2D eigenvalue weighted by Crippen LogP contribution is -2.55. The Hall–Kier alpha value is -3.20. The molecular formula is C28H32F2N4O3. The highest BCUT2D eigenvalue weighted by Crippen LogP contribution is 2.69. The largest absolute Gasteiger partial charge is 0.445 e. The summed E-state index contributed by atoms with van der Waals surface area (Å²) < 4.78 is 34.4. The molecule has 196 valence electrons. The summed E-state index contributed by atoms with van der Waals surface area (Å²) in [6, 6.07) is 5.25. The van der Waals surface area contributed by atoms with Crippen molar-refractivity contribution in [2.24, 2.45) is 5.41 Å². The predicted molar refractivity (Wildman–Crippen MR) is 133 cm³/mol. The van der Waals surface area contributed by atoms with Crippen LogP contribution in [0.2, 0.25) is 0 Å². The van der Waals surface area contributed by atoms with E-state index in [0.717, 1.165) is 24.1 Å². The summed E-state index contributed by atoms with van der Waals surface area (Å²) in [5, 5.41) is 19.1. The molecule has 7 nitrogen and oxygen atoms in total. The van der Waals surface area contributed by atoms with Gasteiger partial charge >= 0.3 is 0 Å². The number of halogens is 2. The summed E-state index contributed by atoms with van der Waals surface area (Å²) in [7, 11) is 0. The Balaban J connectivity index is 1.57. The molecular weight excluding hydrogens is 478 g/mol. The molecule has 2 aliphatic rings. The quantitative estimate of drug-likeness (QED) is 0.481. The van der Waals surface area contributed by atoms with Gasteiger partial charge in [-0.2, -0.15) is 10.2 Å². The fourth-order valence-electron chi connectivity index (χ4n) is 6.82. The number of aliphatic hydroxyl groups is 1. The standard InChI is InChI=1S/C28H32F2N4O3/c1-7-34(24(35)21-14-37-25(31-21)27(5,6)36)15(2)28-12-11-17(26(28,3)4)16-13-20(32-33-23(16)28)22-18(29)9-8-10-19(22)30/h8-10,13-15,17,36H,7,11-12H2,1-6H3. The molecule has 2 heterocycles. The SMILES string of the molecule is CCN(C(=O)c1coc(C(C)(C)O)n1)C(C)C12CCC(c3cc(-c4c(F)cccc4F)nnc31)C2(C)C. The van der Waals surface area contributed by atoms with Crippen molar-refractivity contribution < 1.29 is 23.1 Å². The van der Waals surface area contributed by atoms with Gasteiger partial charge in [-0.15, -0.1) is 0 Å². The maximum Gasteiger partial charge on any atom is 0.276 e. The number of benzene rings is 1. The van der Waals surface area contributed by atoms with Crippen molar-refractivity contribution in [1.29, 1.82) is 0 Å². The van der Waals surface area contributed by atoms with Crippen molar-refractivity contribution >= 4 is 5.91 Å². The number of aromatic nitrogens is 3. The summed E-state index contributed by atoms with van der Waals surface area (Å²) in [6.07, 6.45) is 2.95. The van der Waals surface area contributed by atoms with E-state index in [9.17, 15) is 18.7 Å². The molecule has 3 aromatic rings. The third-order valence-corrected chi connectivity index (χ3v) is 8.72. The minimum Gasteiger partial charge on any atom is -0.445 e. The first-order valence-corrected chi connectivity index (χ1v) is 12.7.